The molecule has 0 spiro atoms. The molecule has 0 radical (unpaired) electrons. The lowest BCUT2D eigenvalue weighted by molar-refractivity contribution is -0.117. The van der Waals surface area contributed by atoms with Crippen LogP contribution in [-0.2, 0) is 4.79 Å². The molecule has 0 bridgehead atoms. The third kappa shape index (κ3) is 4.46. The van der Waals surface area contributed by atoms with Gasteiger partial charge in [-0.1, -0.05) is 32.4 Å². The number of amides is 3. The van der Waals surface area contributed by atoms with E-state index in [0.717, 1.165) is 12.8 Å². The van der Waals surface area contributed by atoms with Gasteiger partial charge in [0.25, 0.3) is 0 Å². The maximum Gasteiger partial charge on any atom is 0.330 e. The van der Waals surface area contributed by atoms with E-state index in [-0.39, 0.29) is 12.6 Å². The van der Waals surface area contributed by atoms with Crippen molar-refractivity contribution in [2.24, 2.45) is 17.4 Å². The number of primary amides is 1. The summed E-state index contributed by atoms with van der Waals surface area (Å²) in [6, 6.07) is -0.123. The molecule has 1 heterocycles. The first-order valence-corrected chi connectivity index (χ1v) is 9.32. The number of carbonyl (C=O) groups excluding carboxylic acids is 2. The fourth-order valence-electron chi connectivity index (χ4n) is 3.72. The van der Waals surface area contributed by atoms with Gasteiger partial charge in [0.2, 0.25) is 5.91 Å². The van der Waals surface area contributed by atoms with Gasteiger partial charge in [0.05, 0.1) is 6.54 Å². The number of rotatable bonds is 8. The fraction of sp³-hybridized carbons (Fsp3) is 0.579. The monoisotopic (exact) mass is 361 g/mol. The Morgan fingerprint density at radius 1 is 1.23 bits per heavy atom. The van der Waals surface area contributed by atoms with E-state index in [1.165, 1.54) is 19.3 Å². The van der Waals surface area contributed by atoms with Crippen LogP contribution >= 0.6 is 0 Å². The number of hydrogen-bond acceptors (Lipinski definition) is 4. The van der Waals surface area contributed by atoms with Crippen molar-refractivity contribution in [1.82, 2.24) is 15.1 Å². The Morgan fingerprint density at radius 3 is 2.46 bits per heavy atom. The van der Waals surface area contributed by atoms with Gasteiger partial charge in [-0.05, 0) is 31.3 Å². The summed E-state index contributed by atoms with van der Waals surface area (Å²) in [5.74, 6) is 0.437. The second kappa shape index (κ2) is 8.89. The highest BCUT2D eigenvalue weighted by Gasteiger charge is 2.35. The van der Waals surface area contributed by atoms with E-state index in [1.54, 1.807) is 9.80 Å². The van der Waals surface area contributed by atoms with E-state index in [4.69, 9.17) is 11.5 Å². The predicted octanol–water partition coefficient (Wildman–Crippen LogP) is 1.64. The lowest BCUT2D eigenvalue weighted by atomic mass is 9.88. The zero-order chi connectivity index (χ0) is 19.3. The first-order chi connectivity index (χ1) is 12.4. The summed E-state index contributed by atoms with van der Waals surface area (Å²) in [6.07, 6.45) is 5.93. The molecule has 3 amide bonds. The van der Waals surface area contributed by atoms with Crippen LogP contribution in [0.1, 0.15) is 39.0 Å². The van der Waals surface area contributed by atoms with Gasteiger partial charge in [0, 0.05) is 30.9 Å². The van der Waals surface area contributed by atoms with Gasteiger partial charge in [-0.25, -0.2) is 4.79 Å². The van der Waals surface area contributed by atoms with E-state index in [1.807, 2.05) is 6.92 Å². The molecular weight excluding hydrogens is 330 g/mol. The summed E-state index contributed by atoms with van der Waals surface area (Å²) in [5, 5.41) is 2.94. The van der Waals surface area contributed by atoms with Crippen LogP contribution in [0, 0.1) is 5.92 Å². The van der Waals surface area contributed by atoms with Gasteiger partial charge in [0.1, 0.15) is 5.82 Å². The molecule has 1 aliphatic heterocycles. The molecule has 0 aromatic carbocycles. The molecule has 1 fully saturated rings. The average molecular weight is 361 g/mol. The highest BCUT2D eigenvalue weighted by atomic mass is 16.2. The van der Waals surface area contributed by atoms with Crippen LogP contribution in [0.15, 0.2) is 35.8 Å². The maximum atomic E-state index is 12.9. The summed E-state index contributed by atoms with van der Waals surface area (Å²) in [7, 11) is 0. The number of carbonyl (C=O) groups is 2. The average Bonchev–Trinajstić information content (AvgIpc) is 2.59. The normalized spacial score (nSPS) is 19.3. The minimum atomic E-state index is -0.438. The topological polar surface area (TPSA) is 105 Å². The SMILES string of the molecule is C=C(CNCC(N)=O)C1=C(N)N(CC2CCCCC2)C(=O)N(CC)C1=C. The number of nitrogens with two attached hydrogens (primary N) is 2. The van der Waals surface area contributed by atoms with Crippen molar-refractivity contribution in [2.45, 2.75) is 39.0 Å². The molecule has 26 heavy (non-hydrogen) atoms. The van der Waals surface area contributed by atoms with E-state index in [2.05, 4.69) is 18.5 Å². The van der Waals surface area contributed by atoms with E-state index in [0.29, 0.717) is 48.2 Å². The molecule has 0 atom stereocenters. The number of allylic oxidation sites excluding steroid dienone is 1. The Labute approximate surface area is 155 Å². The highest BCUT2D eigenvalue weighted by Crippen LogP contribution is 2.32. The molecule has 0 saturated heterocycles. The molecule has 5 N–H and O–H groups in total. The first-order valence-electron chi connectivity index (χ1n) is 9.32. The van der Waals surface area contributed by atoms with Crippen LogP contribution < -0.4 is 16.8 Å². The zero-order valence-corrected chi connectivity index (χ0v) is 15.7. The minimum Gasteiger partial charge on any atom is -0.384 e. The predicted molar refractivity (Wildman–Crippen MR) is 103 cm³/mol. The van der Waals surface area contributed by atoms with Crippen LogP contribution in [0.25, 0.3) is 0 Å². The molecule has 0 unspecified atom stereocenters. The third-order valence-electron chi connectivity index (χ3n) is 5.10. The van der Waals surface area contributed by atoms with E-state index < -0.39 is 5.91 Å². The molecule has 7 nitrogen and oxygen atoms in total. The van der Waals surface area contributed by atoms with Gasteiger partial charge in [-0.15, -0.1) is 0 Å². The van der Waals surface area contributed by atoms with Crippen molar-refractivity contribution in [2.75, 3.05) is 26.2 Å². The molecule has 1 saturated carbocycles. The second-order valence-corrected chi connectivity index (χ2v) is 7.02. The van der Waals surface area contributed by atoms with Crippen LogP contribution in [0.4, 0.5) is 4.79 Å². The largest absolute Gasteiger partial charge is 0.384 e. The smallest absolute Gasteiger partial charge is 0.330 e. The lowest BCUT2D eigenvalue weighted by Gasteiger charge is -2.40. The molecule has 7 heteroatoms. The Bertz CT molecular complexity index is 619. The van der Waals surface area contributed by atoms with Crippen LogP contribution in [0.2, 0.25) is 0 Å². The first kappa shape index (κ1) is 20.0. The second-order valence-electron chi connectivity index (χ2n) is 7.02. The summed E-state index contributed by atoms with van der Waals surface area (Å²) >= 11 is 0. The Balaban J connectivity index is 2.22. The van der Waals surface area contributed by atoms with Gasteiger partial charge < -0.3 is 16.8 Å². The highest BCUT2D eigenvalue weighted by molar-refractivity contribution is 5.82. The van der Waals surface area contributed by atoms with Crippen molar-refractivity contribution >= 4 is 11.9 Å². The number of nitrogens with zero attached hydrogens (tertiary/aromatic N) is 2. The van der Waals surface area contributed by atoms with Crippen molar-refractivity contribution < 1.29 is 9.59 Å². The van der Waals surface area contributed by atoms with E-state index in [9.17, 15) is 9.59 Å². The molecule has 1 aliphatic carbocycles. The van der Waals surface area contributed by atoms with E-state index >= 15 is 0 Å². The molecule has 0 aromatic heterocycles. The van der Waals surface area contributed by atoms with Gasteiger partial charge >= 0.3 is 6.03 Å². The summed E-state index contributed by atoms with van der Waals surface area (Å²) < 4.78 is 0. The van der Waals surface area contributed by atoms with Crippen molar-refractivity contribution in [3.05, 3.63) is 35.8 Å². The summed E-state index contributed by atoms with van der Waals surface area (Å²) in [4.78, 5) is 27.1. The fourth-order valence-corrected chi connectivity index (χ4v) is 3.72. The Kier molecular flexibility index (Phi) is 6.85. The molecular formula is C19H31N5O2. The number of nitrogens with one attached hydrogen (secondary N) is 1. The van der Waals surface area contributed by atoms with Gasteiger partial charge in [-0.2, -0.15) is 0 Å². The third-order valence-corrected chi connectivity index (χ3v) is 5.10. The van der Waals surface area contributed by atoms with Crippen LogP contribution in [0.5, 0.6) is 0 Å². The van der Waals surface area contributed by atoms with Crippen molar-refractivity contribution in [3.8, 4) is 0 Å². The number of likely N-dealkylation sites (N-methyl/N-ethyl adjacent to an activating group) is 1. The standard InChI is InChI=1S/C19H31N5O2/c1-4-23-14(3)17(13(2)10-22-11-16(20)25)18(21)24(19(23)26)12-15-8-6-5-7-9-15/h15,22H,2-12,21H2,1H3,(H2,20,25). The van der Waals surface area contributed by atoms with Crippen molar-refractivity contribution in [3.63, 3.8) is 0 Å². The molecule has 2 rings (SSSR count). The van der Waals surface area contributed by atoms with Gasteiger partial charge in [0.15, 0.2) is 0 Å². The summed E-state index contributed by atoms with van der Waals surface area (Å²) in [5.41, 5.74) is 13.5. The number of hydrogen-bond donors (Lipinski definition) is 3. The quantitative estimate of drug-likeness (QED) is 0.611. The summed E-state index contributed by atoms with van der Waals surface area (Å²) in [6.45, 7) is 11.6. The Morgan fingerprint density at radius 2 is 1.88 bits per heavy atom. The van der Waals surface area contributed by atoms with Crippen LogP contribution in [0.3, 0.4) is 0 Å². The minimum absolute atomic E-state index is 0.0564. The van der Waals surface area contributed by atoms with Crippen LogP contribution in [-0.4, -0.2) is 47.9 Å². The Hall–Kier alpha value is -2.28. The molecule has 2 aliphatic rings. The lowest BCUT2D eigenvalue weighted by Crippen LogP contribution is -2.51. The van der Waals surface area contributed by atoms with Crippen molar-refractivity contribution in [1.29, 1.82) is 0 Å². The number of urea groups is 1. The molecule has 144 valence electrons. The van der Waals surface area contributed by atoms with Gasteiger partial charge in [-0.3, -0.25) is 14.6 Å². The maximum absolute atomic E-state index is 12.9. The molecule has 0 aromatic rings. The zero-order valence-electron chi connectivity index (χ0n) is 15.7.